The van der Waals surface area contributed by atoms with E-state index in [1.165, 1.54) is 6.20 Å². The van der Waals surface area contributed by atoms with E-state index in [9.17, 15) is 8.42 Å². The Kier molecular flexibility index (Phi) is 5.12. The number of benzene rings is 1. The number of sulfone groups is 1. The molecule has 9 heteroatoms. The van der Waals surface area contributed by atoms with Gasteiger partial charge in [-0.25, -0.2) is 13.4 Å². The van der Waals surface area contributed by atoms with Crippen molar-refractivity contribution in [1.29, 1.82) is 0 Å². The zero-order valence-electron chi connectivity index (χ0n) is 13.9. The molecule has 134 valence electrons. The zero-order chi connectivity index (χ0) is 18.0. The molecule has 0 amide bonds. The number of piperazine rings is 1. The van der Waals surface area contributed by atoms with E-state index in [0.29, 0.717) is 16.5 Å². The van der Waals surface area contributed by atoms with Crippen molar-refractivity contribution < 1.29 is 8.42 Å². The van der Waals surface area contributed by atoms with Gasteiger partial charge in [0.15, 0.2) is 9.84 Å². The minimum absolute atomic E-state index is 0.0158. The first-order valence-electron chi connectivity index (χ1n) is 7.88. The maximum atomic E-state index is 12.6. The minimum atomic E-state index is -3.63. The van der Waals surface area contributed by atoms with Crippen LogP contribution < -0.4 is 10.6 Å². The molecule has 2 heterocycles. The summed E-state index contributed by atoms with van der Waals surface area (Å²) < 4.78 is 25.2. The van der Waals surface area contributed by atoms with Gasteiger partial charge in [-0.05, 0) is 24.7 Å². The summed E-state index contributed by atoms with van der Waals surface area (Å²) in [6.07, 6.45) is 1.31. The van der Waals surface area contributed by atoms with Crippen LogP contribution in [0.2, 0.25) is 5.02 Å². The predicted octanol–water partition coefficient (Wildman–Crippen LogP) is 1.44. The number of nitrogens with zero attached hydrogens (tertiary/aromatic N) is 4. The number of halogens is 1. The van der Waals surface area contributed by atoms with Crippen LogP contribution >= 0.6 is 11.6 Å². The van der Waals surface area contributed by atoms with Crippen molar-refractivity contribution in [3.05, 3.63) is 41.0 Å². The van der Waals surface area contributed by atoms with Crippen LogP contribution in [0.15, 0.2) is 35.4 Å². The standard InChI is InChI=1S/C16H20ClN5O2S/c1-21-6-8-22(9-7-21)16-19-10-14(15(18)20-16)25(23,24)11-12-2-4-13(17)5-3-12/h2-5,10H,6-9,11H2,1H3,(H2,18,19,20). The molecule has 25 heavy (non-hydrogen) atoms. The van der Waals surface area contributed by atoms with Gasteiger partial charge < -0.3 is 15.5 Å². The molecule has 1 aromatic heterocycles. The Bertz CT molecular complexity index is 849. The smallest absolute Gasteiger partial charge is 0.227 e. The van der Waals surface area contributed by atoms with Crippen molar-refractivity contribution >= 4 is 33.2 Å². The van der Waals surface area contributed by atoms with Crippen molar-refractivity contribution in [2.45, 2.75) is 10.6 Å². The highest BCUT2D eigenvalue weighted by molar-refractivity contribution is 7.90. The number of hydrogen-bond acceptors (Lipinski definition) is 7. The third kappa shape index (κ3) is 4.20. The van der Waals surface area contributed by atoms with Gasteiger partial charge in [0, 0.05) is 31.2 Å². The fraction of sp³-hybridized carbons (Fsp3) is 0.375. The normalized spacial score (nSPS) is 16.2. The molecule has 0 atom stereocenters. The van der Waals surface area contributed by atoms with Crippen molar-refractivity contribution in [2.75, 3.05) is 43.9 Å². The lowest BCUT2D eigenvalue weighted by atomic mass is 10.2. The van der Waals surface area contributed by atoms with Crippen LogP contribution in [0.3, 0.4) is 0 Å². The second-order valence-corrected chi connectivity index (χ2v) is 8.49. The van der Waals surface area contributed by atoms with E-state index >= 15 is 0 Å². The zero-order valence-corrected chi connectivity index (χ0v) is 15.5. The van der Waals surface area contributed by atoms with Crippen molar-refractivity contribution in [3.8, 4) is 0 Å². The first-order chi connectivity index (χ1) is 11.8. The Morgan fingerprint density at radius 2 is 1.80 bits per heavy atom. The largest absolute Gasteiger partial charge is 0.382 e. The molecule has 1 fully saturated rings. The molecule has 0 spiro atoms. The highest BCUT2D eigenvalue weighted by Crippen LogP contribution is 2.23. The van der Waals surface area contributed by atoms with Crippen LogP contribution in [0.5, 0.6) is 0 Å². The summed E-state index contributed by atoms with van der Waals surface area (Å²) in [6, 6.07) is 6.66. The summed E-state index contributed by atoms with van der Waals surface area (Å²) >= 11 is 5.83. The van der Waals surface area contributed by atoms with E-state index in [2.05, 4.69) is 21.9 Å². The van der Waals surface area contributed by atoms with Gasteiger partial charge in [0.05, 0.1) is 11.9 Å². The van der Waals surface area contributed by atoms with Crippen LogP contribution in [0.25, 0.3) is 0 Å². The molecule has 0 radical (unpaired) electrons. The molecule has 0 saturated carbocycles. The second kappa shape index (κ2) is 7.15. The Morgan fingerprint density at radius 3 is 2.40 bits per heavy atom. The van der Waals surface area contributed by atoms with Gasteiger partial charge in [-0.15, -0.1) is 0 Å². The summed E-state index contributed by atoms with van der Waals surface area (Å²) in [7, 11) is -1.58. The van der Waals surface area contributed by atoms with Gasteiger partial charge >= 0.3 is 0 Å². The summed E-state index contributed by atoms with van der Waals surface area (Å²) in [5.41, 5.74) is 6.56. The minimum Gasteiger partial charge on any atom is -0.382 e. The predicted molar refractivity (Wildman–Crippen MR) is 98.5 cm³/mol. The number of anilines is 2. The molecular weight excluding hydrogens is 362 g/mol. The van der Waals surface area contributed by atoms with E-state index in [1.807, 2.05) is 4.90 Å². The number of nitrogens with two attached hydrogens (primary N) is 1. The Balaban J connectivity index is 1.81. The molecule has 1 aliphatic heterocycles. The fourth-order valence-corrected chi connectivity index (χ4v) is 4.14. The van der Waals surface area contributed by atoms with E-state index in [0.717, 1.165) is 26.2 Å². The maximum Gasteiger partial charge on any atom is 0.227 e. The van der Waals surface area contributed by atoms with E-state index < -0.39 is 9.84 Å². The van der Waals surface area contributed by atoms with Crippen LogP contribution in [-0.4, -0.2) is 56.5 Å². The average Bonchev–Trinajstić information content (AvgIpc) is 2.57. The highest BCUT2D eigenvalue weighted by Gasteiger charge is 2.23. The van der Waals surface area contributed by atoms with Gasteiger partial charge in [0.25, 0.3) is 0 Å². The average molecular weight is 382 g/mol. The van der Waals surface area contributed by atoms with E-state index in [4.69, 9.17) is 17.3 Å². The first-order valence-corrected chi connectivity index (χ1v) is 9.91. The monoisotopic (exact) mass is 381 g/mol. The SMILES string of the molecule is CN1CCN(c2ncc(S(=O)(=O)Cc3ccc(Cl)cc3)c(N)n2)CC1. The van der Waals surface area contributed by atoms with Crippen LogP contribution in [0.4, 0.5) is 11.8 Å². The molecule has 7 nitrogen and oxygen atoms in total. The molecular formula is C16H20ClN5O2S. The molecule has 0 unspecified atom stereocenters. The van der Waals surface area contributed by atoms with E-state index in [1.54, 1.807) is 24.3 Å². The lowest BCUT2D eigenvalue weighted by molar-refractivity contribution is 0.311. The van der Waals surface area contributed by atoms with Gasteiger partial charge in [0.1, 0.15) is 10.7 Å². The highest BCUT2D eigenvalue weighted by atomic mass is 35.5. The first kappa shape index (κ1) is 17.9. The van der Waals surface area contributed by atoms with Crippen molar-refractivity contribution in [2.24, 2.45) is 0 Å². The molecule has 1 saturated heterocycles. The van der Waals surface area contributed by atoms with Crippen molar-refractivity contribution in [3.63, 3.8) is 0 Å². The topological polar surface area (TPSA) is 92.4 Å². The maximum absolute atomic E-state index is 12.6. The Labute approximate surface area is 152 Å². The quantitative estimate of drug-likeness (QED) is 0.856. The summed E-state index contributed by atoms with van der Waals surface area (Å²) in [5.74, 6) is 0.278. The van der Waals surface area contributed by atoms with Gasteiger partial charge in [-0.3, -0.25) is 0 Å². The fourth-order valence-electron chi connectivity index (χ4n) is 2.65. The number of rotatable bonds is 4. The lowest BCUT2D eigenvalue weighted by Gasteiger charge is -2.32. The number of aromatic nitrogens is 2. The Morgan fingerprint density at radius 1 is 1.16 bits per heavy atom. The third-order valence-electron chi connectivity index (χ3n) is 4.16. The van der Waals surface area contributed by atoms with Crippen LogP contribution in [0.1, 0.15) is 5.56 Å². The van der Waals surface area contributed by atoms with Crippen LogP contribution in [0, 0.1) is 0 Å². The molecule has 2 aromatic rings. The molecule has 0 bridgehead atoms. The summed E-state index contributed by atoms with van der Waals surface area (Å²) in [6.45, 7) is 3.37. The summed E-state index contributed by atoms with van der Waals surface area (Å²) in [4.78, 5) is 12.6. The second-order valence-electron chi connectivity index (χ2n) is 6.10. The summed E-state index contributed by atoms with van der Waals surface area (Å²) in [5, 5.41) is 0.556. The molecule has 2 N–H and O–H groups in total. The van der Waals surface area contributed by atoms with E-state index in [-0.39, 0.29) is 16.5 Å². The van der Waals surface area contributed by atoms with Crippen molar-refractivity contribution in [1.82, 2.24) is 14.9 Å². The Hall–Kier alpha value is -1.90. The van der Waals surface area contributed by atoms with Gasteiger partial charge in [-0.2, -0.15) is 4.98 Å². The molecule has 1 aliphatic rings. The van der Waals surface area contributed by atoms with Gasteiger partial charge in [-0.1, -0.05) is 23.7 Å². The third-order valence-corrected chi connectivity index (χ3v) is 6.11. The molecule has 1 aromatic carbocycles. The van der Waals surface area contributed by atoms with Crippen LogP contribution in [-0.2, 0) is 15.6 Å². The van der Waals surface area contributed by atoms with Gasteiger partial charge in [0.2, 0.25) is 5.95 Å². The number of hydrogen-bond donors (Lipinski definition) is 1. The number of likely N-dealkylation sites (N-methyl/N-ethyl adjacent to an activating group) is 1. The lowest BCUT2D eigenvalue weighted by Crippen LogP contribution is -2.45. The number of nitrogen functional groups attached to an aromatic ring is 1. The molecule has 0 aliphatic carbocycles. The molecule has 3 rings (SSSR count).